The number of aliphatic hydroxyl groups excluding tert-OH is 1. The number of fused-ring (bicyclic) bond motifs is 1. The summed E-state index contributed by atoms with van der Waals surface area (Å²) in [4.78, 5) is 44.8. The molecule has 3 unspecified atom stereocenters. The van der Waals surface area contributed by atoms with E-state index in [-0.39, 0.29) is 42.2 Å². The third-order valence-electron chi connectivity index (χ3n) is 7.93. The molecule has 1 N–H and O–H groups in total. The Morgan fingerprint density at radius 1 is 1.34 bits per heavy atom. The van der Waals surface area contributed by atoms with Gasteiger partial charge in [-0.2, -0.15) is 0 Å². The van der Waals surface area contributed by atoms with Crippen LogP contribution >= 0.6 is 11.8 Å². The van der Waals surface area contributed by atoms with E-state index in [1.165, 1.54) is 0 Å². The standard InChI is InChI=1S/C27H36N2O5S/c1-5-13-28(15-18-11-9-8-10-12-18)25(32)23-27-17(4)14-20(35-27)21(26(33)34-7-3)22(27)24(31)29(23)19(6-2)16-30/h5,8-12,17,19-23,30H,1,6-7,13-16H2,2-4H3/t17?,19-,20-,21+,22-,23?,27?/m0/s1. The second kappa shape index (κ2) is 10.3. The number of carbonyl (C=O) groups excluding carboxylic acids is 3. The van der Waals surface area contributed by atoms with Crippen molar-refractivity contribution in [2.45, 2.75) is 62.2 Å². The Balaban J connectivity index is 1.79. The van der Waals surface area contributed by atoms with Gasteiger partial charge >= 0.3 is 5.97 Å². The summed E-state index contributed by atoms with van der Waals surface area (Å²) in [7, 11) is 0. The zero-order valence-electron chi connectivity index (χ0n) is 20.8. The van der Waals surface area contributed by atoms with Crippen LogP contribution < -0.4 is 0 Å². The van der Waals surface area contributed by atoms with Crippen LogP contribution in [0.4, 0.5) is 0 Å². The molecule has 35 heavy (non-hydrogen) atoms. The number of likely N-dealkylation sites (tertiary alicyclic amines) is 1. The van der Waals surface area contributed by atoms with E-state index in [0.717, 1.165) is 12.0 Å². The first-order chi connectivity index (χ1) is 16.8. The van der Waals surface area contributed by atoms with Gasteiger partial charge in [-0.25, -0.2) is 0 Å². The van der Waals surface area contributed by atoms with Gasteiger partial charge < -0.3 is 19.6 Å². The fourth-order valence-corrected chi connectivity index (χ4v) is 8.81. The monoisotopic (exact) mass is 500 g/mol. The first-order valence-electron chi connectivity index (χ1n) is 12.6. The Morgan fingerprint density at radius 2 is 2.06 bits per heavy atom. The van der Waals surface area contributed by atoms with Crippen LogP contribution in [0, 0.1) is 17.8 Å². The van der Waals surface area contributed by atoms with Crippen molar-refractivity contribution < 1.29 is 24.2 Å². The number of nitrogens with zero attached hydrogens (tertiary/aromatic N) is 2. The van der Waals surface area contributed by atoms with Crippen LogP contribution in [0.2, 0.25) is 0 Å². The maximum atomic E-state index is 14.4. The summed E-state index contributed by atoms with van der Waals surface area (Å²) in [6, 6.07) is 8.50. The first-order valence-corrected chi connectivity index (χ1v) is 13.4. The Bertz CT molecular complexity index is 968. The van der Waals surface area contributed by atoms with E-state index in [1.807, 2.05) is 37.3 Å². The van der Waals surface area contributed by atoms with Gasteiger partial charge in [-0.05, 0) is 31.2 Å². The van der Waals surface area contributed by atoms with Crippen LogP contribution in [0.1, 0.15) is 39.2 Å². The maximum absolute atomic E-state index is 14.4. The van der Waals surface area contributed by atoms with Gasteiger partial charge in [0.15, 0.2) is 0 Å². The number of thioether (sulfide) groups is 1. The molecule has 0 aromatic heterocycles. The van der Waals surface area contributed by atoms with E-state index in [0.29, 0.717) is 19.5 Å². The van der Waals surface area contributed by atoms with E-state index in [4.69, 9.17) is 4.74 Å². The minimum Gasteiger partial charge on any atom is -0.466 e. The number of esters is 1. The largest absolute Gasteiger partial charge is 0.466 e. The van der Waals surface area contributed by atoms with Crippen molar-refractivity contribution in [1.82, 2.24) is 9.80 Å². The number of benzene rings is 1. The Hall–Kier alpha value is -2.32. The fraction of sp³-hybridized carbons (Fsp3) is 0.593. The molecule has 7 nitrogen and oxygen atoms in total. The Kier molecular flexibility index (Phi) is 7.62. The number of hydrogen-bond acceptors (Lipinski definition) is 6. The maximum Gasteiger partial charge on any atom is 0.310 e. The van der Waals surface area contributed by atoms with Crippen LogP contribution in [-0.4, -0.2) is 74.5 Å². The highest BCUT2D eigenvalue weighted by atomic mass is 32.2. The molecule has 7 atom stereocenters. The molecular weight excluding hydrogens is 464 g/mol. The van der Waals surface area contributed by atoms with E-state index in [1.54, 1.807) is 34.6 Å². The van der Waals surface area contributed by atoms with Crippen LogP contribution in [-0.2, 0) is 25.7 Å². The van der Waals surface area contributed by atoms with E-state index in [2.05, 4.69) is 13.5 Å². The van der Waals surface area contributed by atoms with Gasteiger partial charge in [-0.15, -0.1) is 18.3 Å². The average molecular weight is 501 g/mol. The van der Waals surface area contributed by atoms with Crippen molar-refractivity contribution in [3.63, 3.8) is 0 Å². The Labute approximate surface area is 211 Å². The van der Waals surface area contributed by atoms with Gasteiger partial charge in [-0.3, -0.25) is 14.4 Å². The topological polar surface area (TPSA) is 87.2 Å². The second-order valence-electron chi connectivity index (χ2n) is 9.79. The molecule has 1 spiro atoms. The third-order valence-corrected chi connectivity index (χ3v) is 10.0. The lowest BCUT2D eigenvalue weighted by Gasteiger charge is -2.42. The second-order valence-corrected chi connectivity index (χ2v) is 11.3. The molecule has 0 aliphatic carbocycles. The van der Waals surface area contributed by atoms with Gasteiger partial charge in [0.05, 0.1) is 35.8 Å². The number of amides is 2. The first kappa shape index (κ1) is 25.8. The fourth-order valence-electron chi connectivity index (χ4n) is 6.42. The zero-order chi connectivity index (χ0) is 25.3. The minimum absolute atomic E-state index is 0.0494. The third kappa shape index (κ3) is 4.08. The lowest BCUT2D eigenvalue weighted by atomic mass is 9.66. The molecule has 0 saturated carbocycles. The zero-order valence-corrected chi connectivity index (χ0v) is 21.6. The highest BCUT2D eigenvalue weighted by Gasteiger charge is 2.77. The van der Waals surface area contributed by atoms with Crippen LogP contribution in [0.15, 0.2) is 43.0 Å². The normalized spacial score (nSPS) is 31.8. The molecule has 1 aromatic rings. The molecule has 190 valence electrons. The summed E-state index contributed by atoms with van der Waals surface area (Å²) >= 11 is 1.63. The highest BCUT2D eigenvalue weighted by molar-refractivity contribution is 8.02. The minimum atomic E-state index is -0.759. The summed E-state index contributed by atoms with van der Waals surface area (Å²) < 4.78 is 4.67. The molecule has 2 amide bonds. The molecule has 3 fully saturated rings. The van der Waals surface area contributed by atoms with E-state index in [9.17, 15) is 19.5 Å². The summed E-state index contributed by atoms with van der Waals surface area (Å²) in [5.74, 6) is -1.84. The number of carbonyl (C=O) groups is 3. The molecule has 2 bridgehead atoms. The Morgan fingerprint density at radius 3 is 2.66 bits per heavy atom. The lowest BCUT2D eigenvalue weighted by molar-refractivity contribution is -0.154. The SMILES string of the molecule is C=CCN(Cc1ccccc1)C(=O)C1N([C@@H](CC)CO)C(=O)[C@@H]2[C@H](C(=O)OCC)[C@@H]3CC(C)C12S3. The summed E-state index contributed by atoms with van der Waals surface area (Å²) in [6.45, 7) is 10.4. The van der Waals surface area contributed by atoms with Crippen molar-refractivity contribution in [2.24, 2.45) is 17.8 Å². The van der Waals surface area contributed by atoms with Crippen LogP contribution in [0.25, 0.3) is 0 Å². The summed E-state index contributed by atoms with van der Waals surface area (Å²) in [6.07, 6.45) is 2.97. The number of ether oxygens (including phenoxy) is 1. The van der Waals surface area contributed by atoms with Gasteiger partial charge in [-0.1, -0.05) is 50.3 Å². The van der Waals surface area contributed by atoms with Crippen LogP contribution in [0.5, 0.6) is 0 Å². The molecule has 3 aliphatic heterocycles. The molecule has 4 rings (SSSR count). The molecule has 0 radical (unpaired) electrons. The molecule has 3 saturated heterocycles. The summed E-state index contributed by atoms with van der Waals surface area (Å²) in [5.41, 5.74) is 0.989. The molecular formula is C27H36N2O5S. The smallest absolute Gasteiger partial charge is 0.310 e. The molecule has 8 heteroatoms. The van der Waals surface area contributed by atoms with Gasteiger partial charge in [0.2, 0.25) is 11.8 Å². The van der Waals surface area contributed by atoms with Crippen molar-refractivity contribution in [3.8, 4) is 0 Å². The predicted molar refractivity (Wildman–Crippen MR) is 135 cm³/mol. The predicted octanol–water partition coefficient (Wildman–Crippen LogP) is 2.87. The van der Waals surface area contributed by atoms with E-state index < -0.39 is 28.7 Å². The number of rotatable bonds is 10. The molecule has 3 heterocycles. The van der Waals surface area contributed by atoms with Crippen LogP contribution in [0.3, 0.4) is 0 Å². The molecule has 1 aromatic carbocycles. The van der Waals surface area contributed by atoms with Gasteiger partial charge in [0.25, 0.3) is 0 Å². The van der Waals surface area contributed by atoms with Gasteiger partial charge in [0.1, 0.15) is 6.04 Å². The molecule has 3 aliphatic rings. The van der Waals surface area contributed by atoms with Gasteiger partial charge in [0, 0.05) is 18.3 Å². The highest BCUT2D eigenvalue weighted by Crippen LogP contribution is 2.69. The quantitative estimate of drug-likeness (QED) is 0.393. The average Bonchev–Trinajstić information content (AvgIpc) is 3.44. The van der Waals surface area contributed by atoms with E-state index >= 15 is 0 Å². The lowest BCUT2D eigenvalue weighted by Crippen LogP contribution is -2.59. The number of hydrogen-bond donors (Lipinski definition) is 1. The van der Waals surface area contributed by atoms with Crippen molar-refractivity contribution >= 4 is 29.5 Å². The van der Waals surface area contributed by atoms with Crippen molar-refractivity contribution in [1.29, 1.82) is 0 Å². The van der Waals surface area contributed by atoms with Crippen molar-refractivity contribution in [3.05, 3.63) is 48.6 Å². The summed E-state index contributed by atoms with van der Waals surface area (Å²) in [5, 5.41) is 10.2. The number of aliphatic hydroxyl groups is 1. The van der Waals surface area contributed by atoms with Crippen molar-refractivity contribution in [2.75, 3.05) is 19.8 Å².